The van der Waals surface area contributed by atoms with Gasteiger partial charge in [-0.05, 0) is 29.5 Å². The Morgan fingerprint density at radius 3 is 2.74 bits per heavy atom. The van der Waals surface area contributed by atoms with Crippen molar-refractivity contribution < 1.29 is 9.84 Å². The smallest absolute Gasteiger partial charge is 0.0717 e. The van der Waals surface area contributed by atoms with Crippen molar-refractivity contribution in [3.05, 3.63) is 35.4 Å². The number of aliphatic hydroxyl groups is 1. The molecule has 0 radical (unpaired) electrons. The third-order valence-corrected chi connectivity index (χ3v) is 2.66. The normalized spacial score (nSPS) is 10.9. The number of aliphatic hydroxyl groups excluding tert-OH is 1. The van der Waals surface area contributed by atoms with Crippen LogP contribution in [0.25, 0.3) is 0 Å². The highest BCUT2D eigenvalue weighted by Gasteiger charge is 2.09. The molecule has 0 aliphatic carbocycles. The van der Waals surface area contributed by atoms with Crippen molar-refractivity contribution in [2.75, 3.05) is 13.2 Å². The van der Waals surface area contributed by atoms with E-state index in [1.807, 2.05) is 24.3 Å². The first-order valence-electron chi connectivity index (χ1n) is 6.78. The first-order chi connectivity index (χ1) is 9.01. The minimum absolute atomic E-state index is 0.114. The molecule has 0 heterocycles. The molecule has 0 bridgehead atoms. The molecule has 1 rings (SSSR count). The molecule has 0 saturated heterocycles. The maximum Gasteiger partial charge on any atom is 0.0717 e. The molecular weight excluding hydrogens is 236 g/mol. The lowest BCUT2D eigenvalue weighted by molar-refractivity contribution is 0.0962. The van der Waals surface area contributed by atoms with Crippen LogP contribution in [0.15, 0.2) is 24.3 Å². The van der Waals surface area contributed by atoms with Crippen molar-refractivity contribution in [2.24, 2.45) is 5.41 Å². The van der Waals surface area contributed by atoms with E-state index in [1.54, 1.807) is 0 Å². The van der Waals surface area contributed by atoms with E-state index in [1.165, 1.54) is 0 Å². The summed E-state index contributed by atoms with van der Waals surface area (Å²) < 4.78 is 5.69. The Kier molecular flexibility index (Phi) is 6.62. The molecule has 0 aliphatic rings. The average molecular weight is 260 g/mol. The van der Waals surface area contributed by atoms with Gasteiger partial charge in [-0.3, -0.25) is 0 Å². The summed E-state index contributed by atoms with van der Waals surface area (Å²) in [4.78, 5) is 0. The standard InChI is InChI=1S/C17H24O2/c1-17(2,3)10-12-19-14-16-9-6-8-15(13-16)7-4-5-11-18/h6,8-9,13,18H,5,10-12,14H2,1-3H3. The molecule has 1 N–H and O–H groups in total. The van der Waals surface area contributed by atoms with Crippen LogP contribution in [0.2, 0.25) is 0 Å². The van der Waals surface area contributed by atoms with Crippen molar-refractivity contribution in [1.82, 2.24) is 0 Å². The lowest BCUT2D eigenvalue weighted by Crippen LogP contribution is -2.09. The monoisotopic (exact) mass is 260 g/mol. The topological polar surface area (TPSA) is 29.5 Å². The molecule has 1 aromatic rings. The third kappa shape index (κ3) is 7.66. The Morgan fingerprint density at radius 2 is 2.05 bits per heavy atom. The summed E-state index contributed by atoms with van der Waals surface area (Å²) in [5.41, 5.74) is 2.44. The van der Waals surface area contributed by atoms with E-state index in [-0.39, 0.29) is 6.61 Å². The lowest BCUT2D eigenvalue weighted by Gasteiger charge is -2.17. The van der Waals surface area contributed by atoms with Crippen molar-refractivity contribution in [1.29, 1.82) is 0 Å². The van der Waals surface area contributed by atoms with Crippen LogP contribution in [0.3, 0.4) is 0 Å². The van der Waals surface area contributed by atoms with E-state index in [0.29, 0.717) is 18.4 Å². The second-order valence-corrected chi connectivity index (χ2v) is 5.84. The number of hydrogen-bond acceptors (Lipinski definition) is 2. The third-order valence-electron chi connectivity index (χ3n) is 2.66. The Hall–Kier alpha value is -1.30. The molecule has 0 saturated carbocycles. The van der Waals surface area contributed by atoms with E-state index in [9.17, 15) is 0 Å². The Labute approximate surface area is 116 Å². The van der Waals surface area contributed by atoms with E-state index in [4.69, 9.17) is 9.84 Å². The summed E-state index contributed by atoms with van der Waals surface area (Å²) in [7, 11) is 0. The molecule has 0 amide bonds. The van der Waals surface area contributed by atoms with Crippen LogP contribution in [0.5, 0.6) is 0 Å². The van der Waals surface area contributed by atoms with Gasteiger partial charge in [-0.15, -0.1) is 0 Å². The summed E-state index contributed by atoms with van der Waals surface area (Å²) in [6.07, 6.45) is 1.58. The first kappa shape index (κ1) is 15.8. The van der Waals surface area contributed by atoms with Gasteiger partial charge in [0.1, 0.15) is 0 Å². The van der Waals surface area contributed by atoms with Crippen LogP contribution >= 0.6 is 0 Å². The Bertz CT molecular complexity index is 433. The first-order valence-corrected chi connectivity index (χ1v) is 6.78. The number of benzene rings is 1. The molecule has 0 fully saturated rings. The molecule has 104 valence electrons. The second kappa shape index (κ2) is 7.99. The largest absolute Gasteiger partial charge is 0.395 e. The van der Waals surface area contributed by atoms with Crippen LogP contribution in [0, 0.1) is 17.3 Å². The Balaban J connectivity index is 2.43. The molecule has 19 heavy (non-hydrogen) atoms. The molecule has 0 spiro atoms. The minimum Gasteiger partial charge on any atom is -0.395 e. The van der Waals surface area contributed by atoms with Gasteiger partial charge in [-0.1, -0.05) is 44.7 Å². The van der Waals surface area contributed by atoms with Crippen LogP contribution in [-0.4, -0.2) is 18.3 Å². The van der Waals surface area contributed by atoms with Crippen molar-refractivity contribution >= 4 is 0 Å². The van der Waals surface area contributed by atoms with Gasteiger partial charge in [-0.25, -0.2) is 0 Å². The maximum atomic E-state index is 8.69. The van der Waals surface area contributed by atoms with E-state index < -0.39 is 0 Å². The van der Waals surface area contributed by atoms with Crippen molar-refractivity contribution in [3.8, 4) is 11.8 Å². The van der Waals surface area contributed by atoms with Gasteiger partial charge in [0.15, 0.2) is 0 Å². The van der Waals surface area contributed by atoms with Crippen LogP contribution < -0.4 is 0 Å². The Morgan fingerprint density at radius 1 is 1.26 bits per heavy atom. The van der Waals surface area contributed by atoms with Crippen LogP contribution in [0.4, 0.5) is 0 Å². The van der Waals surface area contributed by atoms with Gasteiger partial charge in [-0.2, -0.15) is 0 Å². The van der Waals surface area contributed by atoms with Crippen molar-refractivity contribution in [3.63, 3.8) is 0 Å². The summed E-state index contributed by atoms with van der Waals surface area (Å²) in [6, 6.07) is 8.06. The summed E-state index contributed by atoms with van der Waals surface area (Å²) in [5, 5.41) is 8.69. The van der Waals surface area contributed by atoms with Gasteiger partial charge >= 0.3 is 0 Å². The van der Waals surface area contributed by atoms with Gasteiger partial charge < -0.3 is 9.84 Å². The SMILES string of the molecule is CC(C)(C)CCOCc1cccc(C#CCCO)c1. The van der Waals surface area contributed by atoms with Gasteiger partial charge in [0.2, 0.25) is 0 Å². The highest BCUT2D eigenvalue weighted by Crippen LogP contribution is 2.18. The quantitative estimate of drug-likeness (QED) is 0.649. The second-order valence-electron chi connectivity index (χ2n) is 5.84. The molecule has 0 aliphatic heterocycles. The predicted molar refractivity (Wildman–Crippen MR) is 78.8 cm³/mol. The van der Waals surface area contributed by atoms with Crippen LogP contribution in [-0.2, 0) is 11.3 Å². The van der Waals surface area contributed by atoms with Gasteiger partial charge in [0, 0.05) is 18.6 Å². The lowest BCUT2D eigenvalue weighted by atomic mass is 9.93. The molecule has 0 aromatic heterocycles. The number of ether oxygens (including phenoxy) is 1. The zero-order valence-corrected chi connectivity index (χ0v) is 12.2. The molecule has 2 nitrogen and oxygen atoms in total. The zero-order valence-electron chi connectivity index (χ0n) is 12.2. The number of rotatable bonds is 5. The highest BCUT2D eigenvalue weighted by molar-refractivity contribution is 5.36. The molecule has 1 aromatic carbocycles. The van der Waals surface area contributed by atoms with E-state index >= 15 is 0 Å². The summed E-state index contributed by atoms with van der Waals surface area (Å²) in [6.45, 7) is 8.17. The minimum atomic E-state index is 0.114. The van der Waals surface area contributed by atoms with Gasteiger partial charge in [0.25, 0.3) is 0 Å². The summed E-state index contributed by atoms with van der Waals surface area (Å²) in [5.74, 6) is 5.96. The molecular formula is C17H24O2. The van der Waals surface area contributed by atoms with E-state index in [0.717, 1.165) is 24.2 Å². The number of hydrogen-bond donors (Lipinski definition) is 1. The summed E-state index contributed by atoms with van der Waals surface area (Å²) >= 11 is 0. The molecule has 0 atom stereocenters. The van der Waals surface area contributed by atoms with E-state index in [2.05, 4.69) is 32.6 Å². The maximum absolute atomic E-state index is 8.69. The van der Waals surface area contributed by atoms with Crippen molar-refractivity contribution in [2.45, 2.75) is 40.2 Å². The predicted octanol–water partition coefficient (Wildman–Crippen LogP) is 3.37. The van der Waals surface area contributed by atoms with Crippen LogP contribution in [0.1, 0.15) is 44.7 Å². The molecule has 0 unspecified atom stereocenters. The fourth-order valence-electron chi connectivity index (χ4n) is 1.53. The van der Waals surface area contributed by atoms with Gasteiger partial charge in [0.05, 0.1) is 13.2 Å². The zero-order chi connectivity index (χ0) is 14.1. The molecule has 2 heteroatoms. The fraction of sp³-hybridized carbons (Fsp3) is 0.529. The fourth-order valence-corrected chi connectivity index (χ4v) is 1.53. The highest BCUT2D eigenvalue weighted by atomic mass is 16.5. The average Bonchev–Trinajstić information content (AvgIpc) is 2.35.